The van der Waals surface area contributed by atoms with Crippen molar-refractivity contribution in [3.8, 4) is 11.3 Å². The van der Waals surface area contributed by atoms with Crippen molar-refractivity contribution >= 4 is 16.8 Å². The quantitative estimate of drug-likeness (QED) is 0.512. The zero-order valence-electron chi connectivity index (χ0n) is 14.5. The molecule has 0 unspecified atom stereocenters. The van der Waals surface area contributed by atoms with Gasteiger partial charge in [-0.1, -0.05) is 48.5 Å². The number of para-hydroxylation sites is 1. The highest BCUT2D eigenvalue weighted by atomic mass is 16.1. The molecule has 0 aliphatic heterocycles. The van der Waals surface area contributed by atoms with Gasteiger partial charge in [0.15, 0.2) is 0 Å². The van der Waals surface area contributed by atoms with Crippen molar-refractivity contribution in [1.29, 1.82) is 0 Å². The summed E-state index contributed by atoms with van der Waals surface area (Å²) in [5.74, 6) is 0.719. The third-order valence-electron chi connectivity index (χ3n) is 4.49. The summed E-state index contributed by atoms with van der Waals surface area (Å²) >= 11 is 0. The highest BCUT2D eigenvalue weighted by molar-refractivity contribution is 5.88. The molecule has 2 aromatic carbocycles. The summed E-state index contributed by atoms with van der Waals surface area (Å²) in [6.45, 7) is 1.93. The lowest BCUT2D eigenvalue weighted by molar-refractivity contribution is -0.121. The van der Waals surface area contributed by atoms with E-state index < -0.39 is 0 Å². The van der Waals surface area contributed by atoms with Crippen LogP contribution in [0, 0.1) is 0 Å². The Labute approximate surface area is 151 Å². The van der Waals surface area contributed by atoms with Crippen LogP contribution in [0.4, 0.5) is 0 Å². The zero-order chi connectivity index (χ0) is 17.9. The maximum absolute atomic E-state index is 12.4. The van der Waals surface area contributed by atoms with Crippen LogP contribution in [0.1, 0.15) is 24.4 Å². The first-order chi connectivity index (χ1) is 12.7. The summed E-state index contributed by atoms with van der Waals surface area (Å²) in [6.07, 6.45) is 4.03. The van der Waals surface area contributed by atoms with Gasteiger partial charge in [-0.2, -0.15) is 0 Å². The molecule has 2 aromatic heterocycles. The molecule has 1 amide bonds. The number of carbonyl (C=O) groups is 1. The van der Waals surface area contributed by atoms with Crippen molar-refractivity contribution < 1.29 is 4.79 Å². The molecule has 5 heteroatoms. The Kier molecular flexibility index (Phi) is 4.27. The maximum Gasteiger partial charge on any atom is 0.225 e. The summed E-state index contributed by atoms with van der Waals surface area (Å²) in [6, 6.07) is 17.8. The normalized spacial score (nSPS) is 12.2. The van der Waals surface area contributed by atoms with E-state index in [0.717, 1.165) is 33.5 Å². The molecule has 4 aromatic rings. The molecule has 0 aliphatic carbocycles. The lowest BCUT2D eigenvalue weighted by Gasteiger charge is -2.11. The number of amides is 1. The SMILES string of the molecule is C[C@H](NC(=O)Cc1c[nH]c2ccccc12)c1ncc(-c2ccccc2)[nH]1. The summed E-state index contributed by atoms with van der Waals surface area (Å²) in [5.41, 5.74) is 4.05. The third-order valence-corrected chi connectivity index (χ3v) is 4.49. The standard InChI is InChI=1S/C21H20N4O/c1-14(21-23-13-19(25-21)15-7-3-2-4-8-15)24-20(26)11-16-12-22-18-10-6-5-9-17(16)18/h2-10,12-14,22H,11H2,1H3,(H,23,25)(H,24,26)/t14-/m0/s1. The van der Waals surface area contributed by atoms with E-state index in [1.54, 1.807) is 6.20 Å². The molecule has 0 bridgehead atoms. The Morgan fingerprint density at radius 2 is 1.88 bits per heavy atom. The van der Waals surface area contributed by atoms with Crippen molar-refractivity contribution in [3.63, 3.8) is 0 Å². The van der Waals surface area contributed by atoms with Gasteiger partial charge in [0.25, 0.3) is 0 Å². The number of nitrogens with zero attached hydrogens (tertiary/aromatic N) is 1. The Hall–Kier alpha value is -3.34. The highest BCUT2D eigenvalue weighted by Crippen LogP contribution is 2.20. The molecular formula is C21H20N4O. The van der Waals surface area contributed by atoms with Crippen LogP contribution >= 0.6 is 0 Å². The Morgan fingerprint density at radius 3 is 2.73 bits per heavy atom. The van der Waals surface area contributed by atoms with E-state index in [9.17, 15) is 4.79 Å². The molecule has 4 rings (SSSR count). The number of hydrogen-bond donors (Lipinski definition) is 3. The number of H-pyrrole nitrogens is 2. The molecule has 3 N–H and O–H groups in total. The van der Waals surface area contributed by atoms with Crippen LogP contribution in [0.25, 0.3) is 22.2 Å². The second-order valence-electron chi connectivity index (χ2n) is 6.37. The minimum atomic E-state index is -0.190. The first-order valence-corrected chi connectivity index (χ1v) is 8.65. The van der Waals surface area contributed by atoms with Crippen LogP contribution in [-0.2, 0) is 11.2 Å². The molecule has 26 heavy (non-hydrogen) atoms. The molecule has 130 valence electrons. The molecule has 0 saturated carbocycles. The number of aromatic amines is 2. The van der Waals surface area contributed by atoms with Crippen molar-refractivity contribution in [2.45, 2.75) is 19.4 Å². The minimum absolute atomic E-state index is 0.0279. The molecule has 0 aliphatic rings. The molecule has 0 saturated heterocycles. The van der Waals surface area contributed by atoms with Gasteiger partial charge in [-0.3, -0.25) is 4.79 Å². The van der Waals surface area contributed by atoms with Gasteiger partial charge in [0.1, 0.15) is 5.82 Å². The van der Waals surface area contributed by atoms with Gasteiger partial charge in [0.05, 0.1) is 24.4 Å². The van der Waals surface area contributed by atoms with Crippen LogP contribution in [0.15, 0.2) is 67.0 Å². The molecule has 0 radical (unpaired) electrons. The van der Waals surface area contributed by atoms with Gasteiger partial charge < -0.3 is 15.3 Å². The van der Waals surface area contributed by atoms with Gasteiger partial charge in [-0.25, -0.2) is 4.98 Å². The smallest absolute Gasteiger partial charge is 0.225 e. The van der Waals surface area contributed by atoms with Crippen molar-refractivity contribution in [1.82, 2.24) is 20.3 Å². The van der Waals surface area contributed by atoms with Crippen molar-refractivity contribution in [2.75, 3.05) is 0 Å². The predicted octanol–water partition coefficient (Wildman–Crippen LogP) is 3.98. The molecule has 1 atom stereocenters. The second-order valence-corrected chi connectivity index (χ2v) is 6.37. The number of nitrogens with one attached hydrogen (secondary N) is 3. The molecule has 0 fully saturated rings. The van der Waals surface area contributed by atoms with Gasteiger partial charge in [0.2, 0.25) is 5.91 Å². The average molecular weight is 344 g/mol. The number of aromatic nitrogens is 3. The fourth-order valence-electron chi connectivity index (χ4n) is 3.13. The lowest BCUT2D eigenvalue weighted by Crippen LogP contribution is -2.28. The van der Waals surface area contributed by atoms with E-state index in [2.05, 4.69) is 20.3 Å². The third kappa shape index (κ3) is 3.24. The van der Waals surface area contributed by atoms with Gasteiger partial charge in [0, 0.05) is 17.1 Å². The van der Waals surface area contributed by atoms with Crippen LogP contribution in [-0.4, -0.2) is 20.9 Å². The van der Waals surface area contributed by atoms with E-state index in [4.69, 9.17) is 0 Å². The largest absolute Gasteiger partial charge is 0.361 e. The van der Waals surface area contributed by atoms with Crippen LogP contribution in [0.2, 0.25) is 0 Å². The van der Waals surface area contributed by atoms with Crippen LogP contribution in [0.3, 0.4) is 0 Å². The van der Waals surface area contributed by atoms with Gasteiger partial charge >= 0.3 is 0 Å². The van der Waals surface area contributed by atoms with E-state index in [1.807, 2.05) is 67.7 Å². The summed E-state index contributed by atoms with van der Waals surface area (Å²) in [7, 11) is 0. The van der Waals surface area contributed by atoms with E-state index in [0.29, 0.717) is 6.42 Å². The van der Waals surface area contributed by atoms with Crippen LogP contribution in [0.5, 0.6) is 0 Å². The van der Waals surface area contributed by atoms with Gasteiger partial charge in [-0.15, -0.1) is 0 Å². The topological polar surface area (TPSA) is 73.6 Å². The fourth-order valence-corrected chi connectivity index (χ4v) is 3.13. The van der Waals surface area contributed by atoms with Gasteiger partial charge in [-0.05, 0) is 24.1 Å². The highest BCUT2D eigenvalue weighted by Gasteiger charge is 2.15. The molecule has 2 heterocycles. The Morgan fingerprint density at radius 1 is 1.12 bits per heavy atom. The number of fused-ring (bicyclic) bond motifs is 1. The van der Waals surface area contributed by atoms with E-state index in [1.165, 1.54) is 0 Å². The van der Waals surface area contributed by atoms with E-state index in [-0.39, 0.29) is 11.9 Å². The number of hydrogen-bond acceptors (Lipinski definition) is 2. The predicted molar refractivity (Wildman–Crippen MR) is 103 cm³/mol. The maximum atomic E-state index is 12.4. The fraction of sp³-hybridized carbons (Fsp3) is 0.143. The molecule has 0 spiro atoms. The first kappa shape index (κ1) is 16.1. The summed E-state index contributed by atoms with van der Waals surface area (Å²) < 4.78 is 0. The van der Waals surface area contributed by atoms with Crippen LogP contribution < -0.4 is 5.32 Å². The second kappa shape index (κ2) is 6.88. The van der Waals surface area contributed by atoms with Crippen molar-refractivity contribution in [2.24, 2.45) is 0 Å². The number of carbonyl (C=O) groups excluding carboxylic acids is 1. The summed E-state index contributed by atoms with van der Waals surface area (Å²) in [5, 5.41) is 4.10. The average Bonchev–Trinajstić information content (AvgIpc) is 3.30. The molecular weight excluding hydrogens is 324 g/mol. The Balaban J connectivity index is 1.44. The Bertz CT molecular complexity index is 1030. The number of benzene rings is 2. The van der Waals surface area contributed by atoms with Crippen molar-refractivity contribution in [3.05, 3.63) is 78.4 Å². The summed E-state index contributed by atoms with van der Waals surface area (Å²) in [4.78, 5) is 23.4. The van der Waals surface area contributed by atoms with E-state index >= 15 is 0 Å². The minimum Gasteiger partial charge on any atom is -0.361 e. The monoisotopic (exact) mass is 344 g/mol. The molecule has 5 nitrogen and oxygen atoms in total. The number of rotatable bonds is 5. The number of imidazole rings is 1. The first-order valence-electron chi connectivity index (χ1n) is 8.65. The lowest BCUT2D eigenvalue weighted by atomic mass is 10.1. The zero-order valence-corrected chi connectivity index (χ0v) is 14.5.